The van der Waals surface area contributed by atoms with Gasteiger partial charge in [0.1, 0.15) is 0 Å². The maximum atomic E-state index is 5.41. The Bertz CT molecular complexity index is 728. The summed E-state index contributed by atoms with van der Waals surface area (Å²) in [4.78, 5) is 0. The Labute approximate surface area is 122 Å². The van der Waals surface area contributed by atoms with Crippen LogP contribution in [0.4, 0.5) is 0 Å². The van der Waals surface area contributed by atoms with Crippen molar-refractivity contribution >= 4 is 0 Å². The lowest BCUT2D eigenvalue weighted by Crippen LogP contribution is -2.15. The van der Waals surface area contributed by atoms with Crippen LogP contribution < -0.4 is 5.32 Å². The molecule has 0 unspecified atom stereocenters. The molecule has 2 heterocycles. The zero-order chi connectivity index (χ0) is 14.1. The van der Waals surface area contributed by atoms with Gasteiger partial charge in [-0.25, -0.2) is 4.68 Å². The van der Waals surface area contributed by atoms with E-state index in [1.54, 1.807) is 6.20 Å². The molecule has 0 aliphatic heterocycles. The van der Waals surface area contributed by atoms with E-state index in [-0.39, 0.29) is 0 Å². The summed E-state index contributed by atoms with van der Waals surface area (Å²) in [5.41, 5.74) is 3.05. The summed E-state index contributed by atoms with van der Waals surface area (Å²) < 4.78 is 7.25. The monoisotopic (exact) mass is 280 g/mol. The number of rotatable bonds is 5. The van der Waals surface area contributed by atoms with Crippen LogP contribution in [0.3, 0.4) is 0 Å². The summed E-state index contributed by atoms with van der Waals surface area (Å²) in [5.74, 6) is 0.797. The SMILES string of the molecule is c1ccc(-n2cc(-c3oncc3CNC3CC3)cn2)cc1. The van der Waals surface area contributed by atoms with Gasteiger partial charge in [0, 0.05) is 24.3 Å². The Morgan fingerprint density at radius 3 is 2.86 bits per heavy atom. The molecule has 0 saturated heterocycles. The molecule has 106 valence electrons. The number of aromatic nitrogens is 3. The molecular weight excluding hydrogens is 264 g/mol. The van der Waals surface area contributed by atoms with Crippen molar-refractivity contribution in [2.75, 3.05) is 0 Å². The first-order valence-corrected chi connectivity index (χ1v) is 7.17. The molecule has 0 spiro atoms. The van der Waals surface area contributed by atoms with Crippen LogP contribution >= 0.6 is 0 Å². The van der Waals surface area contributed by atoms with Gasteiger partial charge in [0.25, 0.3) is 0 Å². The molecule has 1 aromatic carbocycles. The summed E-state index contributed by atoms with van der Waals surface area (Å²) >= 11 is 0. The molecule has 3 aromatic rings. The molecule has 1 aliphatic carbocycles. The molecule has 0 amide bonds. The van der Waals surface area contributed by atoms with E-state index in [0.717, 1.165) is 29.1 Å². The van der Waals surface area contributed by atoms with Crippen molar-refractivity contribution in [3.05, 3.63) is 54.5 Å². The molecule has 2 aromatic heterocycles. The lowest BCUT2D eigenvalue weighted by Gasteiger charge is -2.01. The third kappa shape index (κ3) is 2.60. The quantitative estimate of drug-likeness (QED) is 0.780. The molecular formula is C16H16N4O. The minimum Gasteiger partial charge on any atom is -0.356 e. The second-order valence-electron chi connectivity index (χ2n) is 5.34. The van der Waals surface area contributed by atoms with Crippen molar-refractivity contribution in [2.24, 2.45) is 0 Å². The van der Waals surface area contributed by atoms with Crippen LogP contribution in [0.15, 0.2) is 53.4 Å². The molecule has 5 heteroatoms. The van der Waals surface area contributed by atoms with E-state index in [4.69, 9.17) is 4.52 Å². The van der Waals surface area contributed by atoms with Crippen LogP contribution in [0.2, 0.25) is 0 Å². The molecule has 4 rings (SSSR count). The molecule has 21 heavy (non-hydrogen) atoms. The Kier molecular flexibility index (Phi) is 3.05. The molecule has 5 nitrogen and oxygen atoms in total. The number of hydrogen-bond donors (Lipinski definition) is 1. The van der Waals surface area contributed by atoms with Gasteiger partial charge in [0.15, 0.2) is 5.76 Å². The van der Waals surface area contributed by atoms with E-state index < -0.39 is 0 Å². The van der Waals surface area contributed by atoms with Crippen molar-refractivity contribution in [3.8, 4) is 17.0 Å². The van der Waals surface area contributed by atoms with Crippen molar-refractivity contribution < 1.29 is 4.52 Å². The van der Waals surface area contributed by atoms with E-state index in [2.05, 4.69) is 15.6 Å². The largest absolute Gasteiger partial charge is 0.356 e. The van der Waals surface area contributed by atoms with Gasteiger partial charge in [-0.05, 0) is 25.0 Å². The summed E-state index contributed by atoms with van der Waals surface area (Å²) in [6.45, 7) is 0.792. The van der Waals surface area contributed by atoms with Crippen LogP contribution in [-0.4, -0.2) is 21.0 Å². The highest BCUT2D eigenvalue weighted by Crippen LogP contribution is 2.25. The number of nitrogens with one attached hydrogen (secondary N) is 1. The molecule has 1 aliphatic rings. The third-order valence-electron chi connectivity index (χ3n) is 3.67. The molecule has 1 fully saturated rings. The predicted octanol–water partition coefficient (Wildman–Crippen LogP) is 2.78. The first-order chi connectivity index (χ1) is 10.4. The van der Waals surface area contributed by atoms with Gasteiger partial charge in [-0.3, -0.25) is 0 Å². The van der Waals surface area contributed by atoms with Gasteiger partial charge in [0.2, 0.25) is 0 Å². The summed E-state index contributed by atoms with van der Waals surface area (Å²) in [7, 11) is 0. The maximum Gasteiger partial charge on any atom is 0.174 e. The Balaban J connectivity index is 1.59. The minimum absolute atomic E-state index is 0.666. The second-order valence-corrected chi connectivity index (χ2v) is 5.34. The highest BCUT2D eigenvalue weighted by Gasteiger charge is 2.21. The van der Waals surface area contributed by atoms with Crippen LogP contribution in [0.1, 0.15) is 18.4 Å². The summed E-state index contributed by atoms with van der Waals surface area (Å²) in [5, 5.41) is 11.8. The van der Waals surface area contributed by atoms with Gasteiger partial charge in [-0.2, -0.15) is 5.10 Å². The van der Waals surface area contributed by atoms with Crippen molar-refractivity contribution in [3.63, 3.8) is 0 Å². The van der Waals surface area contributed by atoms with E-state index in [9.17, 15) is 0 Å². The number of benzene rings is 1. The number of para-hydroxylation sites is 1. The Morgan fingerprint density at radius 1 is 1.19 bits per heavy atom. The molecule has 1 N–H and O–H groups in total. The summed E-state index contributed by atoms with van der Waals surface area (Å²) in [6.07, 6.45) is 8.11. The fourth-order valence-corrected chi connectivity index (χ4v) is 2.33. The third-order valence-corrected chi connectivity index (χ3v) is 3.67. The molecule has 0 atom stereocenters. The van der Waals surface area contributed by atoms with Crippen molar-refractivity contribution in [1.82, 2.24) is 20.3 Å². The second kappa shape index (κ2) is 5.18. The van der Waals surface area contributed by atoms with Gasteiger partial charge in [-0.1, -0.05) is 23.4 Å². The highest BCUT2D eigenvalue weighted by atomic mass is 16.5. The highest BCUT2D eigenvalue weighted by molar-refractivity contribution is 5.59. The van der Waals surface area contributed by atoms with E-state index in [0.29, 0.717) is 6.04 Å². The van der Waals surface area contributed by atoms with Crippen LogP contribution in [0.5, 0.6) is 0 Å². The zero-order valence-electron chi connectivity index (χ0n) is 11.6. The normalized spacial score (nSPS) is 14.5. The van der Waals surface area contributed by atoms with Crippen LogP contribution in [0.25, 0.3) is 17.0 Å². The average Bonchev–Trinajstić information content (AvgIpc) is 3.03. The van der Waals surface area contributed by atoms with E-state index in [1.165, 1.54) is 12.8 Å². The first kappa shape index (κ1) is 12.3. The van der Waals surface area contributed by atoms with Gasteiger partial charge >= 0.3 is 0 Å². The smallest absolute Gasteiger partial charge is 0.174 e. The molecule has 0 radical (unpaired) electrons. The molecule has 1 saturated carbocycles. The average molecular weight is 280 g/mol. The minimum atomic E-state index is 0.666. The topological polar surface area (TPSA) is 55.9 Å². The standard InChI is InChI=1S/C16H16N4O/c1-2-4-15(5-3-1)20-11-13(9-18-20)16-12(10-19-21-16)8-17-14-6-7-14/h1-5,9-11,14,17H,6-8H2. The van der Waals surface area contributed by atoms with Gasteiger partial charge in [-0.15, -0.1) is 0 Å². The Hall–Kier alpha value is -2.40. The predicted molar refractivity (Wildman–Crippen MR) is 78.9 cm³/mol. The fraction of sp³-hybridized carbons (Fsp3) is 0.250. The van der Waals surface area contributed by atoms with Crippen LogP contribution in [-0.2, 0) is 6.54 Å². The lowest BCUT2D eigenvalue weighted by molar-refractivity contribution is 0.431. The zero-order valence-corrected chi connectivity index (χ0v) is 11.6. The van der Waals surface area contributed by atoms with Gasteiger partial charge < -0.3 is 9.84 Å². The van der Waals surface area contributed by atoms with Crippen LogP contribution in [0, 0.1) is 0 Å². The van der Waals surface area contributed by atoms with E-state index in [1.807, 2.05) is 47.4 Å². The first-order valence-electron chi connectivity index (χ1n) is 7.17. The van der Waals surface area contributed by atoms with Crippen molar-refractivity contribution in [1.29, 1.82) is 0 Å². The fourth-order valence-electron chi connectivity index (χ4n) is 2.33. The Morgan fingerprint density at radius 2 is 2.05 bits per heavy atom. The number of hydrogen-bond acceptors (Lipinski definition) is 4. The number of nitrogens with zero attached hydrogens (tertiary/aromatic N) is 3. The van der Waals surface area contributed by atoms with Gasteiger partial charge in [0.05, 0.1) is 23.6 Å². The molecule has 0 bridgehead atoms. The van der Waals surface area contributed by atoms with E-state index >= 15 is 0 Å². The van der Waals surface area contributed by atoms with Crippen molar-refractivity contribution in [2.45, 2.75) is 25.4 Å². The lowest BCUT2D eigenvalue weighted by atomic mass is 10.2. The summed E-state index contributed by atoms with van der Waals surface area (Å²) in [6, 6.07) is 10.7. The maximum absolute atomic E-state index is 5.41.